The van der Waals surface area contributed by atoms with E-state index in [0.29, 0.717) is 0 Å². The second-order valence-corrected chi connectivity index (χ2v) is 6.35. The van der Waals surface area contributed by atoms with Crippen molar-refractivity contribution in [3.63, 3.8) is 0 Å². The minimum Gasteiger partial charge on any atom is -0.369 e. The molecule has 0 aliphatic rings. The highest BCUT2D eigenvalue weighted by Gasteiger charge is 2.09. The maximum absolute atomic E-state index is 6.16. The van der Waals surface area contributed by atoms with Crippen LogP contribution >= 0.6 is 22.9 Å². The van der Waals surface area contributed by atoms with Crippen LogP contribution in [0.1, 0.15) is 23.8 Å². The number of benzene rings is 1. The van der Waals surface area contributed by atoms with E-state index in [9.17, 15) is 0 Å². The molecule has 0 aliphatic carbocycles. The van der Waals surface area contributed by atoms with Gasteiger partial charge in [0.25, 0.3) is 0 Å². The molecule has 108 valence electrons. The van der Waals surface area contributed by atoms with Gasteiger partial charge in [-0.15, -0.1) is 11.3 Å². The van der Waals surface area contributed by atoms with Gasteiger partial charge in [0.15, 0.2) is 0 Å². The van der Waals surface area contributed by atoms with Gasteiger partial charge < -0.3 is 10.2 Å². The molecule has 1 heterocycles. The number of anilines is 1. The second kappa shape index (κ2) is 7.67. The maximum atomic E-state index is 6.16. The fourth-order valence-electron chi connectivity index (χ4n) is 2.16. The lowest BCUT2D eigenvalue weighted by atomic mass is 10.1. The van der Waals surface area contributed by atoms with E-state index in [1.54, 1.807) is 11.3 Å². The van der Waals surface area contributed by atoms with Crippen LogP contribution in [0.2, 0.25) is 5.02 Å². The summed E-state index contributed by atoms with van der Waals surface area (Å²) in [6.07, 6.45) is 1.15. The monoisotopic (exact) mass is 308 g/mol. The SMILES string of the molecule is CCCNCc1ccc(Cl)cc1N(C)Cc1cccs1. The molecule has 0 radical (unpaired) electrons. The molecular formula is C16H21ClN2S. The first-order valence-electron chi connectivity index (χ1n) is 6.93. The molecule has 0 amide bonds. The summed E-state index contributed by atoms with van der Waals surface area (Å²) in [6, 6.07) is 10.4. The molecule has 0 bridgehead atoms. The van der Waals surface area contributed by atoms with Crippen LogP contribution in [0.25, 0.3) is 0 Å². The molecule has 4 heteroatoms. The maximum Gasteiger partial charge on any atom is 0.0519 e. The van der Waals surface area contributed by atoms with E-state index >= 15 is 0 Å². The molecule has 2 rings (SSSR count). The molecule has 0 fully saturated rings. The summed E-state index contributed by atoms with van der Waals surface area (Å²) in [7, 11) is 2.12. The standard InChI is InChI=1S/C16H21ClN2S/c1-3-8-18-11-13-6-7-14(17)10-16(13)19(2)12-15-5-4-9-20-15/h4-7,9-10,18H,3,8,11-12H2,1-2H3. The first-order chi connectivity index (χ1) is 9.70. The normalized spacial score (nSPS) is 10.8. The predicted octanol–water partition coefficient (Wildman–Crippen LogP) is 4.54. The fourth-order valence-corrected chi connectivity index (χ4v) is 3.09. The van der Waals surface area contributed by atoms with Gasteiger partial charge >= 0.3 is 0 Å². The van der Waals surface area contributed by atoms with Crippen molar-refractivity contribution in [3.8, 4) is 0 Å². The highest BCUT2D eigenvalue weighted by Crippen LogP contribution is 2.26. The van der Waals surface area contributed by atoms with Gasteiger partial charge in [-0.25, -0.2) is 0 Å². The largest absolute Gasteiger partial charge is 0.369 e. The number of hydrogen-bond donors (Lipinski definition) is 1. The quantitative estimate of drug-likeness (QED) is 0.756. The molecule has 0 saturated heterocycles. The Morgan fingerprint density at radius 2 is 2.15 bits per heavy atom. The third-order valence-electron chi connectivity index (χ3n) is 3.17. The zero-order valence-electron chi connectivity index (χ0n) is 12.0. The Kier molecular flexibility index (Phi) is 5.89. The van der Waals surface area contributed by atoms with E-state index in [2.05, 4.69) is 53.8 Å². The van der Waals surface area contributed by atoms with Crippen LogP contribution in [0.4, 0.5) is 5.69 Å². The van der Waals surface area contributed by atoms with Gasteiger partial charge in [0.1, 0.15) is 0 Å². The minimum atomic E-state index is 0.789. The van der Waals surface area contributed by atoms with E-state index in [0.717, 1.165) is 31.1 Å². The average molecular weight is 309 g/mol. The first kappa shape index (κ1) is 15.4. The van der Waals surface area contributed by atoms with Crippen molar-refractivity contribution in [3.05, 3.63) is 51.2 Å². The van der Waals surface area contributed by atoms with Crippen LogP contribution in [-0.2, 0) is 13.1 Å². The Balaban J connectivity index is 2.13. The second-order valence-electron chi connectivity index (χ2n) is 4.89. The van der Waals surface area contributed by atoms with E-state index in [-0.39, 0.29) is 0 Å². The number of thiophene rings is 1. The lowest BCUT2D eigenvalue weighted by Gasteiger charge is -2.22. The van der Waals surface area contributed by atoms with Gasteiger partial charge in [0.05, 0.1) is 6.54 Å². The number of nitrogens with zero attached hydrogens (tertiary/aromatic N) is 1. The smallest absolute Gasteiger partial charge is 0.0519 e. The molecule has 0 spiro atoms. The Labute approximate surface area is 130 Å². The molecule has 0 aliphatic heterocycles. The van der Waals surface area contributed by atoms with Crippen LogP contribution in [0.15, 0.2) is 35.7 Å². The van der Waals surface area contributed by atoms with Crippen molar-refractivity contribution in [2.75, 3.05) is 18.5 Å². The summed E-state index contributed by atoms with van der Waals surface area (Å²) in [5, 5.41) is 6.36. The van der Waals surface area contributed by atoms with Gasteiger partial charge in [0.2, 0.25) is 0 Å². The third-order valence-corrected chi connectivity index (χ3v) is 4.27. The number of rotatable bonds is 7. The molecule has 2 nitrogen and oxygen atoms in total. The van der Waals surface area contributed by atoms with Gasteiger partial charge in [-0.3, -0.25) is 0 Å². The van der Waals surface area contributed by atoms with Gasteiger partial charge in [-0.1, -0.05) is 30.7 Å². The van der Waals surface area contributed by atoms with Crippen molar-refractivity contribution in [1.82, 2.24) is 5.32 Å². The van der Waals surface area contributed by atoms with E-state index in [4.69, 9.17) is 11.6 Å². The van der Waals surface area contributed by atoms with Crippen LogP contribution in [0.3, 0.4) is 0 Å². The summed E-state index contributed by atoms with van der Waals surface area (Å²) in [5.74, 6) is 0. The predicted molar refractivity (Wildman–Crippen MR) is 89.9 cm³/mol. The van der Waals surface area contributed by atoms with Gasteiger partial charge in [-0.2, -0.15) is 0 Å². The highest BCUT2D eigenvalue weighted by molar-refractivity contribution is 7.09. The molecule has 0 atom stereocenters. The lowest BCUT2D eigenvalue weighted by molar-refractivity contribution is 0.674. The van der Waals surface area contributed by atoms with E-state index in [1.165, 1.54) is 16.1 Å². The van der Waals surface area contributed by atoms with Crippen molar-refractivity contribution < 1.29 is 0 Å². The van der Waals surface area contributed by atoms with Crippen LogP contribution in [-0.4, -0.2) is 13.6 Å². The molecule has 1 N–H and O–H groups in total. The van der Waals surface area contributed by atoms with Crippen molar-refractivity contribution in [1.29, 1.82) is 0 Å². The Bertz CT molecular complexity index is 525. The van der Waals surface area contributed by atoms with Gasteiger partial charge in [0, 0.05) is 29.2 Å². The number of hydrogen-bond acceptors (Lipinski definition) is 3. The van der Waals surface area contributed by atoms with E-state index in [1.807, 2.05) is 6.07 Å². The molecule has 0 saturated carbocycles. The zero-order valence-corrected chi connectivity index (χ0v) is 13.6. The third kappa shape index (κ3) is 4.23. The van der Waals surface area contributed by atoms with Gasteiger partial charge in [-0.05, 0) is 42.1 Å². The molecule has 1 aromatic carbocycles. The molecule has 20 heavy (non-hydrogen) atoms. The zero-order chi connectivity index (χ0) is 14.4. The topological polar surface area (TPSA) is 15.3 Å². The minimum absolute atomic E-state index is 0.789. The van der Waals surface area contributed by atoms with Crippen molar-refractivity contribution >= 4 is 28.6 Å². The van der Waals surface area contributed by atoms with Crippen LogP contribution in [0.5, 0.6) is 0 Å². The fraction of sp³-hybridized carbons (Fsp3) is 0.375. The summed E-state index contributed by atoms with van der Waals surface area (Å²) in [6.45, 7) is 5.02. The Morgan fingerprint density at radius 1 is 1.30 bits per heavy atom. The lowest BCUT2D eigenvalue weighted by Crippen LogP contribution is -2.20. The molecule has 0 unspecified atom stereocenters. The van der Waals surface area contributed by atoms with Crippen molar-refractivity contribution in [2.45, 2.75) is 26.4 Å². The molecule has 2 aromatic rings. The summed E-state index contributed by atoms with van der Waals surface area (Å²) < 4.78 is 0. The number of halogens is 1. The Morgan fingerprint density at radius 3 is 2.85 bits per heavy atom. The summed E-state index contributed by atoms with van der Waals surface area (Å²) in [5.41, 5.74) is 2.50. The number of nitrogens with one attached hydrogen (secondary N) is 1. The summed E-state index contributed by atoms with van der Waals surface area (Å²) in [4.78, 5) is 3.63. The molecule has 1 aromatic heterocycles. The molecular weight excluding hydrogens is 288 g/mol. The first-order valence-corrected chi connectivity index (χ1v) is 8.19. The Hall–Kier alpha value is -1.03. The van der Waals surface area contributed by atoms with E-state index < -0.39 is 0 Å². The summed E-state index contributed by atoms with van der Waals surface area (Å²) >= 11 is 7.95. The highest BCUT2D eigenvalue weighted by atomic mass is 35.5. The van der Waals surface area contributed by atoms with Crippen molar-refractivity contribution in [2.24, 2.45) is 0 Å². The average Bonchev–Trinajstić information content (AvgIpc) is 2.93. The van der Waals surface area contributed by atoms with Crippen LogP contribution < -0.4 is 10.2 Å². The van der Waals surface area contributed by atoms with Crippen LogP contribution in [0, 0.1) is 0 Å².